The van der Waals surface area contributed by atoms with Crippen LogP contribution in [-0.2, 0) is 0 Å². The maximum Gasteiger partial charge on any atom is 0.573 e. The van der Waals surface area contributed by atoms with Crippen LogP contribution in [0.1, 0.15) is 31.7 Å². The van der Waals surface area contributed by atoms with E-state index in [-0.39, 0.29) is 11.7 Å². The number of nitrogens with one attached hydrogen (secondary N) is 1. The molecule has 0 radical (unpaired) electrons. The van der Waals surface area contributed by atoms with Crippen molar-refractivity contribution in [3.63, 3.8) is 0 Å². The molecule has 0 aliphatic rings. The minimum atomic E-state index is -4.63. The lowest BCUT2D eigenvalue weighted by atomic mass is 9.92. The van der Waals surface area contributed by atoms with E-state index in [0.29, 0.717) is 6.04 Å². The van der Waals surface area contributed by atoms with E-state index in [1.54, 1.807) is 12.1 Å². The van der Waals surface area contributed by atoms with Gasteiger partial charge in [0.05, 0.1) is 0 Å². The molecular weight excluding hydrogens is 243 g/mol. The predicted octanol–water partition coefficient (Wildman–Crippen LogP) is 3.69. The van der Waals surface area contributed by atoms with E-state index in [9.17, 15) is 13.2 Å². The number of alkyl halides is 3. The van der Waals surface area contributed by atoms with E-state index >= 15 is 0 Å². The van der Waals surface area contributed by atoms with Crippen molar-refractivity contribution in [1.29, 1.82) is 0 Å². The van der Waals surface area contributed by atoms with Gasteiger partial charge in [0.1, 0.15) is 5.75 Å². The lowest BCUT2D eigenvalue weighted by molar-refractivity contribution is -0.274. The number of hydrogen-bond acceptors (Lipinski definition) is 2. The van der Waals surface area contributed by atoms with Gasteiger partial charge in [-0.05, 0) is 37.1 Å². The first kappa shape index (κ1) is 14.8. The smallest absolute Gasteiger partial charge is 0.406 e. The van der Waals surface area contributed by atoms with Gasteiger partial charge in [-0.25, -0.2) is 0 Å². The fourth-order valence-corrected chi connectivity index (χ4v) is 2.01. The topological polar surface area (TPSA) is 21.3 Å². The zero-order chi connectivity index (χ0) is 13.8. The maximum absolute atomic E-state index is 12.0. The third kappa shape index (κ3) is 4.22. The molecule has 2 unspecified atom stereocenters. The van der Waals surface area contributed by atoms with Gasteiger partial charge in [0, 0.05) is 6.04 Å². The molecule has 18 heavy (non-hydrogen) atoms. The fourth-order valence-electron chi connectivity index (χ4n) is 2.01. The Balaban J connectivity index is 2.76. The maximum atomic E-state index is 12.0. The molecule has 1 rings (SSSR count). The van der Waals surface area contributed by atoms with Crippen LogP contribution in [0.5, 0.6) is 5.75 Å². The van der Waals surface area contributed by atoms with Crippen molar-refractivity contribution in [3.8, 4) is 5.75 Å². The van der Waals surface area contributed by atoms with E-state index in [1.165, 1.54) is 12.1 Å². The average molecular weight is 261 g/mol. The molecule has 0 heterocycles. The van der Waals surface area contributed by atoms with Crippen LogP contribution in [0.2, 0.25) is 0 Å². The summed E-state index contributed by atoms with van der Waals surface area (Å²) in [7, 11) is 1.88. The standard InChI is InChI=1S/C13H18F3NO/c1-4-12(17-3)9(2)10-5-7-11(8-6-10)18-13(14,15)16/h5-9,12,17H,4H2,1-3H3. The molecule has 0 saturated heterocycles. The first-order valence-electron chi connectivity index (χ1n) is 5.90. The second-order valence-corrected chi connectivity index (χ2v) is 4.21. The number of benzene rings is 1. The summed E-state index contributed by atoms with van der Waals surface area (Å²) in [6.45, 7) is 4.11. The molecule has 0 amide bonds. The minimum absolute atomic E-state index is 0.184. The molecule has 1 aromatic rings. The van der Waals surface area contributed by atoms with Crippen molar-refractivity contribution >= 4 is 0 Å². The lowest BCUT2D eigenvalue weighted by Crippen LogP contribution is -2.29. The molecule has 1 N–H and O–H groups in total. The van der Waals surface area contributed by atoms with Crippen molar-refractivity contribution in [1.82, 2.24) is 5.32 Å². The van der Waals surface area contributed by atoms with Crippen LogP contribution < -0.4 is 10.1 Å². The molecule has 0 aliphatic heterocycles. The fraction of sp³-hybridized carbons (Fsp3) is 0.538. The van der Waals surface area contributed by atoms with Gasteiger partial charge in [0.25, 0.3) is 0 Å². The normalized spacial score (nSPS) is 15.2. The monoisotopic (exact) mass is 261 g/mol. The van der Waals surface area contributed by atoms with E-state index < -0.39 is 6.36 Å². The van der Waals surface area contributed by atoms with E-state index in [2.05, 4.69) is 17.0 Å². The lowest BCUT2D eigenvalue weighted by Gasteiger charge is -2.22. The molecule has 0 spiro atoms. The minimum Gasteiger partial charge on any atom is -0.406 e. The number of rotatable bonds is 5. The van der Waals surface area contributed by atoms with E-state index in [1.807, 2.05) is 14.0 Å². The second-order valence-electron chi connectivity index (χ2n) is 4.21. The van der Waals surface area contributed by atoms with E-state index in [0.717, 1.165) is 12.0 Å². The highest BCUT2D eigenvalue weighted by Crippen LogP contribution is 2.26. The summed E-state index contributed by atoms with van der Waals surface area (Å²) in [5.41, 5.74) is 0.991. The second kappa shape index (κ2) is 6.09. The van der Waals surface area contributed by atoms with Crippen LogP contribution in [-0.4, -0.2) is 19.5 Å². The van der Waals surface area contributed by atoms with Gasteiger partial charge in [-0.15, -0.1) is 13.2 Å². The highest BCUT2D eigenvalue weighted by molar-refractivity contribution is 5.30. The molecule has 2 nitrogen and oxygen atoms in total. The highest BCUT2D eigenvalue weighted by atomic mass is 19.4. The molecule has 0 bridgehead atoms. The van der Waals surface area contributed by atoms with Gasteiger partial charge in [-0.1, -0.05) is 26.0 Å². The zero-order valence-corrected chi connectivity index (χ0v) is 10.7. The summed E-state index contributed by atoms with van der Waals surface area (Å²) >= 11 is 0. The summed E-state index contributed by atoms with van der Waals surface area (Å²) in [5.74, 6) is 0.0518. The van der Waals surface area contributed by atoms with Crippen molar-refractivity contribution in [2.45, 2.75) is 38.6 Å². The van der Waals surface area contributed by atoms with Gasteiger partial charge in [0.15, 0.2) is 0 Å². The summed E-state index contributed by atoms with van der Waals surface area (Å²) in [5, 5.41) is 3.19. The van der Waals surface area contributed by atoms with Crippen LogP contribution in [0, 0.1) is 0 Å². The quantitative estimate of drug-likeness (QED) is 0.872. The molecule has 0 fully saturated rings. The summed E-state index contributed by atoms with van der Waals surface area (Å²) in [4.78, 5) is 0. The Kier molecular flexibility index (Phi) is 5.02. The molecule has 2 atom stereocenters. The van der Waals surface area contributed by atoms with Crippen LogP contribution >= 0.6 is 0 Å². The van der Waals surface area contributed by atoms with Gasteiger partial charge in [-0.2, -0.15) is 0 Å². The van der Waals surface area contributed by atoms with Crippen molar-refractivity contribution < 1.29 is 17.9 Å². The van der Waals surface area contributed by atoms with Crippen LogP contribution in [0.4, 0.5) is 13.2 Å². The number of likely N-dealkylation sites (N-methyl/N-ethyl adjacent to an activating group) is 1. The Morgan fingerprint density at radius 1 is 1.22 bits per heavy atom. The summed E-state index contributed by atoms with van der Waals surface area (Å²) in [6.07, 6.45) is -3.68. The number of ether oxygens (including phenoxy) is 1. The first-order chi connectivity index (χ1) is 8.37. The largest absolute Gasteiger partial charge is 0.573 e. The molecule has 5 heteroatoms. The Morgan fingerprint density at radius 3 is 2.17 bits per heavy atom. The Hall–Kier alpha value is -1.23. The van der Waals surface area contributed by atoms with Crippen molar-refractivity contribution in [3.05, 3.63) is 29.8 Å². The van der Waals surface area contributed by atoms with Crippen molar-refractivity contribution in [2.75, 3.05) is 7.05 Å². The van der Waals surface area contributed by atoms with Crippen LogP contribution in [0.15, 0.2) is 24.3 Å². The zero-order valence-electron chi connectivity index (χ0n) is 10.7. The number of hydrogen-bond donors (Lipinski definition) is 1. The molecule has 102 valence electrons. The third-order valence-corrected chi connectivity index (χ3v) is 3.05. The first-order valence-corrected chi connectivity index (χ1v) is 5.90. The van der Waals surface area contributed by atoms with Crippen LogP contribution in [0.3, 0.4) is 0 Å². The van der Waals surface area contributed by atoms with Gasteiger partial charge in [0.2, 0.25) is 0 Å². The third-order valence-electron chi connectivity index (χ3n) is 3.05. The SMILES string of the molecule is CCC(NC)C(C)c1ccc(OC(F)(F)F)cc1. The highest BCUT2D eigenvalue weighted by Gasteiger charge is 2.31. The summed E-state index contributed by atoms with van der Waals surface area (Å²) < 4.78 is 39.9. The molecule has 0 aliphatic carbocycles. The Bertz CT molecular complexity index is 357. The van der Waals surface area contributed by atoms with Gasteiger partial charge < -0.3 is 10.1 Å². The molecular formula is C13H18F3NO. The number of halogens is 3. The Labute approximate surface area is 105 Å². The molecule has 1 aromatic carbocycles. The van der Waals surface area contributed by atoms with Gasteiger partial charge in [-0.3, -0.25) is 0 Å². The van der Waals surface area contributed by atoms with Gasteiger partial charge >= 0.3 is 6.36 Å². The van der Waals surface area contributed by atoms with Crippen molar-refractivity contribution in [2.24, 2.45) is 0 Å². The predicted molar refractivity (Wildman–Crippen MR) is 64.7 cm³/mol. The van der Waals surface area contributed by atoms with E-state index in [4.69, 9.17) is 0 Å². The Morgan fingerprint density at radius 2 is 1.78 bits per heavy atom. The molecule has 0 aromatic heterocycles. The molecule has 0 saturated carbocycles. The average Bonchev–Trinajstić information content (AvgIpc) is 2.29. The summed E-state index contributed by atoms with van der Waals surface area (Å²) in [6, 6.07) is 6.35. The van der Waals surface area contributed by atoms with Crippen LogP contribution in [0.25, 0.3) is 0 Å².